The molecule has 6 heteroatoms. The lowest BCUT2D eigenvalue weighted by molar-refractivity contribution is -0.152. The third kappa shape index (κ3) is 6.21. The summed E-state index contributed by atoms with van der Waals surface area (Å²) in [6, 6.07) is 6.96. The van der Waals surface area contributed by atoms with Crippen LogP contribution in [0.4, 0.5) is 5.69 Å². The molecular weight excluding hydrogens is 320 g/mol. The van der Waals surface area contributed by atoms with Gasteiger partial charge in [-0.3, -0.25) is 14.4 Å². The van der Waals surface area contributed by atoms with Gasteiger partial charge >= 0.3 is 5.97 Å². The van der Waals surface area contributed by atoms with Gasteiger partial charge in [0.2, 0.25) is 5.91 Å². The minimum absolute atomic E-state index is 0.0977. The smallest absolute Gasteiger partial charge is 0.310 e. The third-order valence-corrected chi connectivity index (χ3v) is 4.20. The molecule has 0 radical (unpaired) electrons. The van der Waals surface area contributed by atoms with Crippen molar-refractivity contribution in [3.8, 4) is 0 Å². The first-order chi connectivity index (χ1) is 11.8. The lowest BCUT2D eigenvalue weighted by Gasteiger charge is -2.34. The molecule has 1 heterocycles. The van der Waals surface area contributed by atoms with E-state index in [9.17, 15) is 14.4 Å². The van der Waals surface area contributed by atoms with Gasteiger partial charge < -0.3 is 15.0 Å². The summed E-state index contributed by atoms with van der Waals surface area (Å²) in [7, 11) is 0. The molecule has 2 rings (SSSR count). The number of nitrogens with zero attached hydrogens (tertiary/aromatic N) is 1. The number of esters is 1. The van der Waals surface area contributed by atoms with E-state index in [1.165, 1.54) is 6.92 Å². The molecule has 0 aromatic heterocycles. The van der Waals surface area contributed by atoms with Gasteiger partial charge in [0.25, 0.3) is 5.91 Å². The Morgan fingerprint density at radius 2 is 1.72 bits per heavy atom. The van der Waals surface area contributed by atoms with Gasteiger partial charge in [0.15, 0.2) is 6.61 Å². The van der Waals surface area contributed by atoms with Crippen LogP contribution in [-0.2, 0) is 25.5 Å². The van der Waals surface area contributed by atoms with Gasteiger partial charge in [-0.25, -0.2) is 0 Å². The SMILES string of the molecule is CC(=O)Nc1ccc(CC(=O)OCC(=O)N2C[C@@H](C)C[C@H](C)C2)cc1. The summed E-state index contributed by atoms with van der Waals surface area (Å²) in [5, 5.41) is 2.66. The summed E-state index contributed by atoms with van der Waals surface area (Å²) in [5.41, 5.74) is 1.44. The van der Waals surface area contributed by atoms with Crippen LogP contribution in [-0.4, -0.2) is 42.4 Å². The largest absolute Gasteiger partial charge is 0.455 e. The lowest BCUT2D eigenvalue weighted by atomic mass is 9.92. The zero-order valence-corrected chi connectivity index (χ0v) is 15.1. The van der Waals surface area contributed by atoms with E-state index in [0.29, 0.717) is 17.5 Å². The second-order valence-electron chi connectivity index (χ2n) is 6.96. The number of piperidine rings is 1. The van der Waals surface area contributed by atoms with Crippen LogP contribution < -0.4 is 5.32 Å². The number of likely N-dealkylation sites (tertiary alicyclic amines) is 1. The first kappa shape index (κ1) is 19.0. The highest BCUT2D eigenvalue weighted by Gasteiger charge is 2.25. The van der Waals surface area contributed by atoms with Crippen LogP contribution in [0.5, 0.6) is 0 Å². The highest BCUT2D eigenvalue weighted by Crippen LogP contribution is 2.21. The van der Waals surface area contributed by atoms with Gasteiger partial charge in [-0.1, -0.05) is 26.0 Å². The van der Waals surface area contributed by atoms with Crippen LogP contribution in [0.25, 0.3) is 0 Å². The van der Waals surface area contributed by atoms with Gasteiger partial charge in [-0.2, -0.15) is 0 Å². The van der Waals surface area contributed by atoms with Crippen LogP contribution in [0, 0.1) is 11.8 Å². The number of benzene rings is 1. The number of nitrogens with one attached hydrogen (secondary N) is 1. The quantitative estimate of drug-likeness (QED) is 0.830. The Bertz CT molecular complexity index is 617. The molecule has 0 aliphatic carbocycles. The molecule has 1 saturated heterocycles. The van der Waals surface area contributed by atoms with Crippen molar-refractivity contribution in [3.63, 3.8) is 0 Å². The second-order valence-corrected chi connectivity index (χ2v) is 6.96. The zero-order valence-electron chi connectivity index (χ0n) is 15.1. The van der Waals surface area contributed by atoms with Crippen molar-refractivity contribution in [1.82, 2.24) is 4.90 Å². The molecule has 0 bridgehead atoms. The Morgan fingerprint density at radius 1 is 1.12 bits per heavy atom. The van der Waals surface area contributed by atoms with E-state index >= 15 is 0 Å². The fourth-order valence-electron chi connectivity index (χ4n) is 3.23. The maximum absolute atomic E-state index is 12.2. The van der Waals surface area contributed by atoms with Crippen LogP contribution in [0.15, 0.2) is 24.3 Å². The molecule has 1 aliphatic heterocycles. The first-order valence-electron chi connectivity index (χ1n) is 8.63. The molecule has 0 unspecified atom stereocenters. The fourth-order valence-corrected chi connectivity index (χ4v) is 3.23. The number of hydrogen-bond acceptors (Lipinski definition) is 4. The molecule has 1 N–H and O–H groups in total. The van der Waals surface area contributed by atoms with E-state index in [1.54, 1.807) is 29.2 Å². The Labute approximate surface area is 148 Å². The highest BCUT2D eigenvalue weighted by atomic mass is 16.5. The maximum Gasteiger partial charge on any atom is 0.310 e. The van der Waals surface area contributed by atoms with Gasteiger partial charge in [0.05, 0.1) is 6.42 Å². The predicted molar refractivity (Wildman–Crippen MR) is 94.9 cm³/mol. The van der Waals surface area contributed by atoms with Crippen molar-refractivity contribution in [3.05, 3.63) is 29.8 Å². The van der Waals surface area contributed by atoms with Crippen LogP contribution >= 0.6 is 0 Å². The van der Waals surface area contributed by atoms with E-state index in [4.69, 9.17) is 4.74 Å². The number of carbonyl (C=O) groups is 3. The number of carbonyl (C=O) groups excluding carboxylic acids is 3. The average molecular weight is 346 g/mol. The molecule has 0 spiro atoms. The Hall–Kier alpha value is -2.37. The molecule has 2 atom stereocenters. The predicted octanol–water partition coefficient (Wildman–Crippen LogP) is 2.24. The number of rotatable bonds is 5. The third-order valence-electron chi connectivity index (χ3n) is 4.20. The van der Waals surface area contributed by atoms with Crippen molar-refractivity contribution in [1.29, 1.82) is 0 Å². The molecule has 2 amide bonds. The summed E-state index contributed by atoms with van der Waals surface area (Å²) in [5.74, 6) is 0.245. The summed E-state index contributed by atoms with van der Waals surface area (Å²) < 4.78 is 5.13. The monoisotopic (exact) mass is 346 g/mol. The number of ether oxygens (including phenoxy) is 1. The molecule has 25 heavy (non-hydrogen) atoms. The number of anilines is 1. The zero-order chi connectivity index (χ0) is 18.4. The van der Waals surface area contributed by atoms with Gasteiger partial charge in [0, 0.05) is 25.7 Å². The van der Waals surface area contributed by atoms with Crippen molar-refractivity contribution in [2.45, 2.75) is 33.6 Å². The summed E-state index contributed by atoms with van der Waals surface area (Å²) in [6.45, 7) is 6.95. The number of amides is 2. The standard InChI is InChI=1S/C19H26N2O4/c1-13-8-14(2)11-21(10-13)18(23)12-25-19(24)9-16-4-6-17(7-5-16)20-15(3)22/h4-7,13-14H,8-12H2,1-3H3,(H,20,22)/t13-,14-/m0/s1. The fraction of sp³-hybridized carbons (Fsp3) is 0.526. The van der Waals surface area contributed by atoms with Gasteiger partial charge in [-0.05, 0) is 36.0 Å². The van der Waals surface area contributed by atoms with E-state index in [-0.39, 0.29) is 24.8 Å². The van der Waals surface area contributed by atoms with Gasteiger partial charge in [-0.15, -0.1) is 0 Å². The molecule has 1 aliphatic rings. The summed E-state index contributed by atoms with van der Waals surface area (Å²) in [4.78, 5) is 36.9. The van der Waals surface area contributed by atoms with E-state index < -0.39 is 5.97 Å². The Kier molecular flexibility index (Phi) is 6.56. The van der Waals surface area contributed by atoms with Crippen molar-refractivity contribution >= 4 is 23.5 Å². The highest BCUT2D eigenvalue weighted by molar-refractivity contribution is 5.88. The maximum atomic E-state index is 12.2. The van der Waals surface area contributed by atoms with Crippen LogP contribution in [0.3, 0.4) is 0 Å². The van der Waals surface area contributed by atoms with Gasteiger partial charge in [0.1, 0.15) is 0 Å². The Morgan fingerprint density at radius 3 is 2.28 bits per heavy atom. The average Bonchev–Trinajstić information content (AvgIpc) is 2.53. The minimum atomic E-state index is -0.432. The molecular formula is C19H26N2O4. The van der Waals surface area contributed by atoms with Crippen molar-refractivity contribution in [2.24, 2.45) is 11.8 Å². The molecule has 1 fully saturated rings. The van der Waals surface area contributed by atoms with Crippen LogP contribution in [0.2, 0.25) is 0 Å². The van der Waals surface area contributed by atoms with Crippen LogP contribution in [0.1, 0.15) is 32.8 Å². The molecule has 6 nitrogen and oxygen atoms in total. The Balaban J connectivity index is 1.78. The van der Waals surface area contributed by atoms with E-state index in [2.05, 4.69) is 19.2 Å². The minimum Gasteiger partial charge on any atom is -0.455 e. The molecule has 0 saturated carbocycles. The molecule has 1 aromatic rings. The van der Waals surface area contributed by atoms with Crippen molar-refractivity contribution < 1.29 is 19.1 Å². The lowest BCUT2D eigenvalue weighted by Crippen LogP contribution is -2.44. The first-order valence-corrected chi connectivity index (χ1v) is 8.63. The van der Waals surface area contributed by atoms with Crippen molar-refractivity contribution in [2.75, 3.05) is 25.0 Å². The van der Waals surface area contributed by atoms with E-state index in [0.717, 1.165) is 25.1 Å². The molecule has 1 aromatic carbocycles. The summed E-state index contributed by atoms with van der Waals surface area (Å²) in [6.07, 6.45) is 1.22. The second kappa shape index (κ2) is 8.65. The normalized spacial score (nSPS) is 20.0. The molecule has 136 valence electrons. The topological polar surface area (TPSA) is 75.7 Å². The van der Waals surface area contributed by atoms with E-state index in [1.807, 2.05) is 0 Å². The number of hydrogen-bond donors (Lipinski definition) is 1. The summed E-state index contributed by atoms with van der Waals surface area (Å²) >= 11 is 0.